The first-order valence-electron chi connectivity index (χ1n) is 5.94. The predicted molar refractivity (Wildman–Crippen MR) is 67.5 cm³/mol. The third-order valence-corrected chi connectivity index (χ3v) is 2.61. The Morgan fingerprint density at radius 2 is 2.06 bits per heavy atom. The average molecular weight is 236 g/mol. The number of nitrogens with one attached hydrogen (secondary N) is 1. The number of aromatic hydroxyl groups is 1. The van der Waals surface area contributed by atoms with Gasteiger partial charge in [-0.25, -0.2) is 0 Å². The Labute approximate surface area is 102 Å². The number of hydrogen-bond acceptors (Lipinski definition) is 3. The highest BCUT2D eigenvalue weighted by molar-refractivity contribution is 5.81. The molecular formula is C13H20N2O2. The number of rotatable bonds is 6. The molecule has 4 N–H and O–H groups in total. The first-order valence-corrected chi connectivity index (χ1v) is 5.94. The van der Waals surface area contributed by atoms with Gasteiger partial charge in [-0.05, 0) is 24.1 Å². The number of amides is 1. The van der Waals surface area contributed by atoms with Gasteiger partial charge in [0.2, 0.25) is 5.91 Å². The maximum absolute atomic E-state index is 11.6. The van der Waals surface area contributed by atoms with Gasteiger partial charge < -0.3 is 16.2 Å². The molecule has 1 atom stereocenters. The van der Waals surface area contributed by atoms with E-state index in [0.717, 1.165) is 24.8 Å². The first-order chi connectivity index (χ1) is 8.13. The molecule has 0 aromatic heterocycles. The van der Waals surface area contributed by atoms with Crippen LogP contribution in [0.1, 0.15) is 31.7 Å². The van der Waals surface area contributed by atoms with Crippen LogP contribution < -0.4 is 11.1 Å². The summed E-state index contributed by atoms with van der Waals surface area (Å²) in [5.74, 6) is 0.103. The van der Waals surface area contributed by atoms with Crippen molar-refractivity contribution in [2.75, 3.05) is 0 Å². The Balaban J connectivity index is 2.34. The van der Waals surface area contributed by atoms with Gasteiger partial charge in [0.1, 0.15) is 5.75 Å². The molecule has 0 heterocycles. The van der Waals surface area contributed by atoms with Crippen molar-refractivity contribution in [3.8, 4) is 5.75 Å². The number of phenols is 1. The molecular weight excluding hydrogens is 216 g/mol. The summed E-state index contributed by atoms with van der Waals surface area (Å²) in [6, 6.07) is 6.31. The Kier molecular flexibility index (Phi) is 5.49. The van der Waals surface area contributed by atoms with Gasteiger partial charge in [0.25, 0.3) is 0 Å². The molecule has 0 saturated carbocycles. The highest BCUT2D eigenvalue weighted by Gasteiger charge is 2.11. The minimum absolute atomic E-state index is 0.119. The third-order valence-electron chi connectivity index (χ3n) is 2.61. The maximum Gasteiger partial charge on any atom is 0.237 e. The molecule has 0 spiro atoms. The van der Waals surface area contributed by atoms with Crippen LogP contribution in [0.3, 0.4) is 0 Å². The number of phenolic OH excluding ortho intramolecular Hbond substituents is 1. The van der Waals surface area contributed by atoms with Gasteiger partial charge in [-0.1, -0.05) is 31.9 Å². The van der Waals surface area contributed by atoms with Crippen molar-refractivity contribution >= 4 is 5.91 Å². The van der Waals surface area contributed by atoms with Crippen molar-refractivity contribution in [2.45, 2.75) is 38.8 Å². The van der Waals surface area contributed by atoms with Crippen LogP contribution in [0.5, 0.6) is 5.75 Å². The minimum atomic E-state index is -0.424. The first kappa shape index (κ1) is 13.5. The molecule has 17 heavy (non-hydrogen) atoms. The van der Waals surface area contributed by atoms with Crippen LogP contribution in [0.25, 0.3) is 0 Å². The minimum Gasteiger partial charge on any atom is -0.508 e. The molecule has 1 amide bonds. The summed E-state index contributed by atoms with van der Waals surface area (Å²) < 4.78 is 0. The second-order valence-electron chi connectivity index (χ2n) is 4.13. The van der Waals surface area contributed by atoms with Crippen LogP contribution in [0, 0.1) is 0 Å². The Morgan fingerprint density at radius 1 is 1.41 bits per heavy atom. The van der Waals surface area contributed by atoms with Crippen molar-refractivity contribution in [3.05, 3.63) is 29.8 Å². The topological polar surface area (TPSA) is 75.4 Å². The molecule has 0 unspecified atom stereocenters. The number of hydrogen-bond donors (Lipinski definition) is 3. The van der Waals surface area contributed by atoms with Crippen LogP contribution in [0.15, 0.2) is 24.3 Å². The van der Waals surface area contributed by atoms with Gasteiger partial charge in [-0.2, -0.15) is 0 Å². The zero-order valence-electron chi connectivity index (χ0n) is 10.1. The summed E-state index contributed by atoms with van der Waals surface area (Å²) >= 11 is 0. The monoisotopic (exact) mass is 236 g/mol. The molecule has 0 aliphatic heterocycles. The fraction of sp³-hybridized carbons (Fsp3) is 0.462. The number of benzene rings is 1. The predicted octanol–water partition coefficient (Wildman–Crippen LogP) is 1.53. The van der Waals surface area contributed by atoms with Crippen molar-refractivity contribution < 1.29 is 9.90 Å². The van der Waals surface area contributed by atoms with E-state index in [0.29, 0.717) is 6.54 Å². The lowest BCUT2D eigenvalue weighted by molar-refractivity contribution is -0.122. The Morgan fingerprint density at radius 3 is 2.65 bits per heavy atom. The van der Waals surface area contributed by atoms with Crippen LogP contribution in [0.4, 0.5) is 0 Å². The molecule has 0 saturated heterocycles. The van der Waals surface area contributed by atoms with E-state index in [1.54, 1.807) is 24.3 Å². The molecule has 94 valence electrons. The molecule has 4 heteroatoms. The van der Waals surface area contributed by atoms with Gasteiger partial charge in [0.15, 0.2) is 0 Å². The number of carbonyl (C=O) groups is 1. The molecule has 4 nitrogen and oxygen atoms in total. The molecule has 0 radical (unpaired) electrons. The third kappa shape index (κ3) is 4.87. The van der Waals surface area contributed by atoms with Gasteiger partial charge in [-0.3, -0.25) is 4.79 Å². The largest absolute Gasteiger partial charge is 0.508 e. The summed E-state index contributed by atoms with van der Waals surface area (Å²) in [4.78, 5) is 11.6. The van der Waals surface area contributed by atoms with Gasteiger partial charge >= 0.3 is 0 Å². The van der Waals surface area contributed by atoms with E-state index >= 15 is 0 Å². The normalized spacial score (nSPS) is 12.1. The van der Waals surface area contributed by atoms with E-state index < -0.39 is 6.04 Å². The highest BCUT2D eigenvalue weighted by Crippen LogP contribution is 2.09. The highest BCUT2D eigenvalue weighted by atomic mass is 16.3. The van der Waals surface area contributed by atoms with Crippen molar-refractivity contribution in [3.63, 3.8) is 0 Å². The maximum atomic E-state index is 11.6. The van der Waals surface area contributed by atoms with E-state index in [1.165, 1.54) is 0 Å². The number of nitrogens with two attached hydrogens (primary N) is 1. The van der Waals surface area contributed by atoms with E-state index in [4.69, 9.17) is 10.8 Å². The van der Waals surface area contributed by atoms with Gasteiger partial charge in [0.05, 0.1) is 6.04 Å². The number of carbonyl (C=O) groups excluding carboxylic acids is 1. The van der Waals surface area contributed by atoms with Crippen LogP contribution in [0.2, 0.25) is 0 Å². The van der Waals surface area contributed by atoms with Crippen molar-refractivity contribution in [1.82, 2.24) is 5.32 Å². The molecule has 0 aliphatic rings. The summed E-state index contributed by atoms with van der Waals surface area (Å²) in [5.41, 5.74) is 6.68. The molecule has 0 fully saturated rings. The van der Waals surface area contributed by atoms with Gasteiger partial charge in [-0.15, -0.1) is 0 Å². The van der Waals surface area contributed by atoms with Gasteiger partial charge in [0, 0.05) is 6.54 Å². The molecule has 0 aliphatic carbocycles. The van der Waals surface area contributed by atoms with Crippen molar-refractivity contribution in [2.24, 2.45) is 5.73 Å². The second kappa shape index (κ2) is 6.91. The molecule has 1 rings (SSSR count). The lowest BCUT2D eigenvalue weighted by Gasteiger charge is -2.11. The van der Waals surface area contributed by atoms with Crippen LogP contribution in [-0.4, -0.2) is 17.1 Å². The zero-order chi connectivity index (χ0) is 12.7. The molecule has 1 aromatic carbocycles. The average Bonchev–Trinajstić information content (AvgIpc) is 2.34. The smallest absolute Gasteiger partial charge is 0.237 e. The fourth-order valence-corrected chi connectivity index (χ4v) is 1.49. The summed E-state index contributed by atoms with van der Waals surface area (Å²) in [5, 5.41) is 11.9. The standard InChI is InChI=1S/C13H20N2O2/c1-2-3-4-12(14)13(17)15-9-10-5-7-11(16)8-6-10/h5-8,12,16H,2-4,9,14H2,1H3,(H,15,17)/t12-/m0/s1. The Bertz CT molecular complexity index is 349. The van der Waals surface area contributed by atoms with Crippen LogP contribution in [-0.2, 0) is 11.3 Å². The summed E-state index contributed by atoms with van der Waals surface area (Å²) in [6.45, 7) is 2.51. The number of unbranched alkanes of at least 4 members (excludes halogenated alkanes) is 1. The lowest BCUT2D eigenvalue weighted by Crippen LogP contribution is -2.40. The van der Waals surface area contributed by atoms with Crippen LogP contribution >= 0.6 is 0 Å². The lowest BCUT2D eigenvalue weighted by atomic mass is 10.1. The SMILES string of the molecule is CCCC[C@H](N)C(=O)NCc1ccc(O)cc1. The Hall–Kier alpha value is -1.55. The van der Waals surface area contributed by atoms with E-state index in [-0.39, 0.29) is 11.7 Å². The fourth-order valence-electron chi connectivity index (χ4n) is 1.49. The van der Waals surface area contributed by atoms with Crippen molar-refractivity contribution in [1.29, 1.82) is 0 Å². The summed E-state index contributed by atoms with van der Waals surface area (Å²) in [6.07, 6.45) is 2.73. The quantitative estimate of drug-likeness (QED) is 0.701. The van der Waals surface area contributed by atoms with E-state index in [1.807, 2.05) is 0 Å². The van der Waals surface area contributed by atoms with E-state index in [2.05, 4.69) is 12.2 Å². The second-order valence-corrected chi connectivity index (χ2v) is 4.13. The molecule has 1 aromatic rings. The zero-order valence-corrected chi connectivity index (χ0v) is 10.1. The summed E-state index contributed by atoms with van der Waals surface area (Å²) in [7, 11) is 0. The van der Waals surface area contributed by atoms with E-state index in [9.17, 15) is 4.79 Å². The molecule has 0 bridgehead atoms.